The fourth-order valence-electron chi connectivity index (χ4n) is 2.19. The number of Topliss-reactive ketones (excluding diaryl/α,β-unsaturated/α-hetero) is 1. The molecule has 0 fully saturated rings. The van der Waals surface area contributed by atoms with Crippen molar-refractivity contribution in [2.45, 2.75) is 12.8 Å². The molecule has 0 radical (unpaired) electrons. The van der Waals surface area contributed by atoms with Crippen LogP contribution in [-0.2, 0) is 4.79 Å². The van der Waals surface area contributed by atoms with E-state index in [1.165, 1.54) is 11.3 Å². The van der Waals surface area contributed by atoms with Crippen LogP contribution >= 0.6 is 11.3 Å². The number of amides is 1. The van der Waals surface area contributed by atoms with Gasteiger partial charge >= 0.3 is 0 Å². The minimum absolute atomic E-state index is 0.00126. The van der Waals surface area contributed by atoms with Crippen LogP contribution in [0.5, 0.6) is 0 Å². The molecule has 3 aromatic rings. The van der Waals surface area contributed by atoms with Crippen molar-refractivity contribution in [3.63, 3.8) is 0 Å². The summed E-state index contributed by atoms with van der Waals surface area (Å²) in [4.78, 5) is 24.6. The number of ketones is 1. The van der Waals surface area contributed by atoms with Gasteiger partial charge in [0.05, 0.1) is 10.6 Å². The lowest BCUT2D eigenvalue weighted by Gasteiger charge is -2.06. The molecule has 0 spiro atoms. The molecule has 0 unspecified atom stereocenters. The van der Waals surface area contributed by atoms with Gasteiger partial charge in [0.25, 0.3) is 0 Å². The molecule has 6 heteroatoms. The fraction of sp³-hybridized carbons (Fsp3) is 0.118. The van der Waals surface area contributed by atoms with Gasteiger partial charge in [0.2, 0.25) is 5.91 Å². The topological polar surface area (TPSA) is 74.8 Å². The number of benzene rings is 1. The van der Waals surface area contributed by atoms with Crippen molar-refractivity contribution in [1.29, 1.82) is 0 Å². The van der Waals surface area contributed by atoms with Gasteiger partial charge in [-0.2, -0.15) is 5.10 Å². The lowest BCUT2D eigenvalue weighted by atomic mass is 10.1. The zero-order valence-corrected chi connectivity index (χ0v) is 13.1. The van der Waals surface area contributed by atoms with Crippen molar-refractivity contribution in [3.8, 4) is 11.3 Å². The molecule has 1 aromatic carbocycles. The molecule has 0 bridgehead atoms. The molecule has 1 amide bonds. The molecule has 2 heterocycles. The summed E-state index contributed by atoms with van der Waals surface area (Å²) >= 11 is 1.40. The van der Waals surface area contributed by atoms with Crippen LogP contribution in [0.2, 0.25) is 0 Å². The lowest BCUT2D eigenvalue weighted by molar-refractivity contribution is -0.116. The van der Waals surface area contributed by atoms with Crippen LogP contribution in [0.3, 0.4) is 0 Å². The maximum absolute atomic E-state index is 12.0. The third kappa shape index (κ3) is 3.92. The number of anilines is 1. The molecule has 0 aliphatic carbocycles. The van der Waals surface area contributed by atoms with E-state index in [0.717, 1.165) is 11.3 Å². The average Bonchev–Trinajstić information content (AvgIpc) is 3.25. The normalized spacial score (nSPS) is 10.4. The number of carbonyl (C=O) groups excluding carboxylic acids is 2. The van der Waals surface area contributed by atoms with Gasteiger partial charge in [-0.05, 0) is 29.6 Å². The molecule has 2 N–H and O–H groups in total. The molecular formula is C17H15N3O2S. The monoisotopic (exact) mass is 325 g/mol. The first-order valence-electron chi connectivity index (χ1n) is 7.19. The van der Waals surface area contributed by atoms with Crippen LogP contribution in [0, 0.1) is 0 Å². The van der Waals surface area contributed by atoms with E-state index in [2.05, 4.69) is 15.5 Å². The van der Waals surface area contributed by atoms with Crippen LogP contribution in [0.4, 0.5) is 5.69 Å². The molecule has 23 heavy (non-hydrogen) atoms. The van der Waals surface area contributed by atoms with Gasteiger partial charge < -0.3 is 5.32 Å². The smallest absolute Gasteiger partial charge is 0.224 e. The molecule has 2 aromatic heterocycles. The maximum Gasteiger partial charge on any atom is 0.224 e. The number of aromatic amines is 1. The summed E-state index contributed by atoms with van der Waals surface area (Å²) in [5, 5.41) is 11.5. The van der Waals surface area contributed by atoms with Crippen molar-refractivity contribution in [2.75, 3.05) is 5.32 Å². The summed E-state index contributed by atoms with van der Waals surface area (Å²) in [5.41, 5.74) is 2.52. The number of nitrogens with one attached hydrogen (secondary N) is 2. The highest BCUT2D eigenvalue weighted by Gasteiger charge is 2.10. The summed E-state index contributed by atoms with van der Waals surface area (Å²) in [6.07, 6.45) is 2.06. The zero-order valence-electron chi connectivity index (χ0n) is 12.3. The second-order valence-electron chi connectivity index (χ2n) is 5.00. The van der Waals surface area contributed by atoms with Gasteiger partial charge in [-0.25, -0.2) is 0 Å². The number of H-pyrrole nitrogens is 1. The number of nitrogens with zero attached hydrogens (tertiary/aromatic N) is 1. The molecule has 3 rings (SSSR count). The Balaban J connectivity index is 1.58. The Morgan fingerprint density at radius 2 is 2.04 bits per heavy atom. The summed E-state index contributed by atoms with van der Waals surface area (Å²) in [7, 11) is 0. The van der Waals surface area contributed by atoms with Crippen LogP contribution in [0.25, 0.3) is 11.3 Å². The van der Waals surface area contributed by atoms with E-state index in [1.54, 1.807) is 12.3 Å². The summed E-state index contributed by atoms with van der Waals surface area (Å²) in [6, 6.07) is 13.0. The Labute approximate surface area is 137 Å². The number of thiophene rings is 1. The van der Waals surface area contributed by atoms with Crippen LogP contribution < -0.4 is 5.32 Å². The van der Waals surface area contributed by atoms with Crippen molar-refractivity contribution in [3.05, 3.63) is 58.9 Å². The quantitative estimate of drug-likeness (QED) is 0.678. The van der Waals surface area contributed by atoms with E-state index in [0.29, 0.717) is 10.6 Å². The number of hydrogen-bond acceptors (Lipinski definition) is 4. The van der Waals surface area contributed by atoms with Crippen molar-refractivity contribution >= 4 is 28.7 Å². The minimum Gasteiger partial charge on any atom is -0.326 e. The minimum atomic E-state index is -0.170. The zero-order chi connectivity index (χ0) is 16.1. The summed E-state index contributed by atoms with van der Waals surface area (Å²) < 4.78 is 0. The van der Waals surface area contributed by atoms with Gasteiger partial charge in [-0.1, -0.05) is 18.2 Å². The predicted molar refractivity (Wildman–Crippen MR) is 90.5 cm³/mol. The van der Waals surface area contributed by atoms with E-state index in [4.69, 9.17) is 0 Å². The summed E-state index contributed by atoms with van der Waals surface area (Å²) in [6.45, 7) is 0. The third-order valence-electron chi connectivity index (χ3n) is 3.33. The second-order valence-corrected chi connectivity index (χ2v) is 5.95. The highest BCUT2D eigenvalue weighted by atomic mass is 32.1. The fourth-order valence-corrected chi connectivity index (χ4v) is 2.89. The molecule has 0 saturated carbocycles. The van der Waals surface area contributed by atoms with Gasteiger partial charge in [0.1, 0.15) is 0 Å². The number of rotatable bonds is 6. The Morgan fingerprint density at radius 1 is 1.13 bits per heavy atom. The van der Waals surface area contributed by atoms with E-state index in [1.807, 2.05) is 41.8 Å². The highest BCUT2D eigenvalue weighted by molar-refractivity contribution is 7.12. The SMILES string of the molecule is O=C(CCC(=O)c1cccs1)Nc1cccc(-c2ccn[nH]2)c1. The molecule has 0 aliphatic heterocycles. The Bertz CT molecular complexity index is 795. The Kier molecular flexibility index (Phi) is 4.63. The van der Waals surface area contributed by atoms with E-state index >= 15 is 0 Å². The maximum atomic E-state index is 12.0. The first-order valence-corrected chi connectivity index (χ1v) is 8.07. The molecule has 0 aliphatic rings. The molecule has 5 nitrogen and oxygen atoms in total. The molecule has 116 valence electrons. The van der Waals surface area contributed by atoms with E-state index in [9.17, 15) is 9.59 Å². The Morgan fingerprint density at radius 3 is 2.78 bits per heavy atom. The predicted octanol–water partition coefficient (Wildman–Crippen LogP) is 3.74. The van der Waals surface area contributed by atoms with Crippen molar-refractivity contribution < 1.29 is 9.59 Å². The first kappa shape index (κ1) is 15.2. The number of hydrogen-bond donors (Lipinski definition) is 2. The van der Waals surface area contributed by atoms with Gasteiger partial charge in [-0.15, -0.1) is 11.3 Å². The molecular weight excluding hydrogens is 310 g/mol. The lowest BCUT2D eigenvalue weighted by Crippen LogP contribution is -2.13. The first-order chi connectivity index (χ1) is 11.2. The Hall–Kier alpha value is -2.73. The average molecular weight is 325 g/mol. The van der Waals surface area contributed by atoms with Crippen molar-refractivity contribution in [1.82, 2.24) is 10.2 Å². The summed E-state index contributed by atoms with van der Waals surface area (Å²) in [5.74, 6) is -0.168. The third-order valence-corrected chi connectivity index (χ3v) is 4.24. The molecule has 0 saturated heterocycles. The van der Waals surface area contributed by atoms with Crippen LogP contribution in [0.15, 0.2) is 54.0 Å². The largest absolute Gasteiger partial charge is 0.326 e. The van der Waals surface area contributed by atoms with Gasteiger partial charge in [-0.3, -0.25) is 14.7 Å². The van der Waals surface area contributed by atoms with E-state index < -0.39 is 0 Å². The number of carbonyl (C=O) groups is 2. The molecule has 0 atom stereocenters. The second kappa shape index (κ2) is 7.02. The number of aromatic nitrogens is 2. The van der Waals surface area contributed by atoms with Crippen LogP contribution in [0.1, 0.15) is 22.5 Å². The van der Waals surface area contributed by atoms with Gasteiger partial charge in [0.15, 0.2) is 5.78 Å². The standard InChI is InChI=1S/C17H15N3O2S/c21-15(16-5-2-10-23-16)6-7-17(22)19-13-4-1-3-12(11-13)14-8-9-18-20-14/h1-5,8-11H,6-7H2,(H,18,20)(H,19,22). The highest BCUT2D eigenvalue weighted by Crippen LogP contribution is 2.20. The van der Waals surface area contributed by atoms with Crippen LogP contribution in [-0.4, -0.2) is 21.9 Å². The van der Waals surface area contributed by atoms with Crippen molar-refractivity contribution in [2.24, 2.45) is 0 Å². The van der Waals surface area contributed by atoms with Gasteiger partial charge in [0, 0.05) is 30.3 Å². The van der Waals surface area contributed by atoms with E-state index in [-0.39, 0.29) is 24.5 Å².